The van der Waals surface area contributed by atoms with Gasteiger partial charge in [-0.3, -0.25) is 14.4 Å². The van der Waals surface area contributed by atoms with Crippen LogP contribution >= 0.6 is 23.4 Å². The van der Waals surface area contributed by atoms with Crippen LogP contribution in [0.1, 0.15) is 40.0 Å². The highest BCUT2D eigenvalue weighted by atomic mass is 35.5. The lowest BCUT2D eigenvalue weighted by atomic mass is 9.97. The zero-order chi connectivity index (χ0) is 24.0. The molecule has 0 N–H and O–H groups in total. The summed E-state index contributed by atoms with van der Waals surface area (Å²) < 4.78 is 5.09. The number of thioether (sulfide) groups is 1. The predicted octanol–water partition coefficient (Wildman–Crippen LogP) is 2.47. The molecule has 0 spiro atoms. The van der Waals surface area contributed by atoms with Crippen LogP contribution in [0.4, 0.5) is 5.82 Å². The number of piperazine rings is 1. The van der Waals surface area contributed by atoms with Gasteiger partial charge in [0.25, 0.3) is 0 Å². The van der Waals surface area contributed by atoms with Crippen molar-refractivity contribution < 1.29 is 19.1 Å². The highest BCUT2D eigenvalue weighted by Crippen LogP contribution is 2.25. The van der Waals surface area contributed by atoms with Crippen molar-refractivity contribution in [2.24, 2.45) is 5.92 Å². The van der Waals surface area contributed by atoms with Crippen molar-refractivity contribution in [2.45, 2.75) is 51.2 Å². The molecule has 1 unspecified atom stereocenters. The van der Waals surface area contributed by atoms with E-state index in [1.54, 1.807) is 17.9 Å². The third kappa shape index (κ3) is 6.72. The second-order valence-electron chi connectivity index (χ2n) is 8.26. The average Bonchev–Trinajstić information content (AvgIpc) is 2.82. The largest absolute Gasteiger partial charge is 0.466 e. The second kappa shape index (κ2) is 11.9. The van der Waals surface area contributed by atoms with Gasteiger partial charge in [-0.25, -0.2) is 9.97 Å². The van der Waals surface area contributed by atoms with Crippen molar-refractivity contribution in [3.05, 3.63) is 11.2 Å². The zero-order valence-corrected chi connectivity index (χ0v) is 21.0. The van der Waals surface area contributed by atoms with E-state index in [4.69, 9.17) is 16.3 Å². The Balaban J connectivity index is 1.54. The number of ether oxygens (including phenoxy) is 1. The molecule has 3 rings (SSSR count). The van der Waals surface area contributed by atoms with Crippen LogP contribution in [0.15, 0.2) is 11.2 Å². The highest BCUT2D eigenvalue weighted by molar-refractivity contribution is 7.99. The third-order valence-corrected chi connectivity index (χ3v) is 7.05. The van der Waals surface area contributed by atoms with Gasteiger partial charge in [-0.1, -0.05) is 30.3 Å². The molecule has 182 valence electrons. The number of halogens is 1. The van der Waals surface area contributed by atoms with E-state index >= 15 is 0 Å². The van der Waals surface area contributed by atoms with Crippen LogP contribution < -0.4 is 4.90 Å². The van der Waals surface area contributed by atoms with Crippen LogP contribution in [0.3, 0.4) is 0 Å². The first-order chi connectivity index (χ1) is 15.8. The molecule has 0 radical (unpaired) electrons. The van der Waals surface area contributed by atoms with E-state index < -0.39 is 0 Å². The molecule has 0 aliphatic carbocycles. The molecule has 1 aromatic heterocycles. The van der Waals surface area contributed by atoms with Gasteiger partial charge in [-0.05, 0) is 26.7 Å². The summed E-state index contributed by atoms with van der Waals surface area (Å²) >= 11 is 7.51. The lowest BCUT2D eigenvalue weighted by Crippen LogP contribution is -2.54. The number of likely N-dealkylation sites (tertiary alicyclic amines) is 1. The van der Waals surface area contributed by atoms with Gasteiger partial charge in [0.2, 0.25) is 11.8 Å². The van der Waals surface area contributed by atoms with E-state index in [9.17, 15) is 14.4 Å². The Morgan fingerprint density at radius 3 is 2.48 bits per heavy atom. The Morgan fingerprint density at radius 2 is 1.85 bits per heavy atom. The standard InChI is InChI=1S/C22H32ClN5O4S/c1-4-19(29)28-11-10-27(13-15(28)3)18-12-17(23)24-22(25-18)33-14-20(30)26-8-6-16(7-9-26)21(31)32-5-2/h12,15-16H,4-11,13-14H2,1-3H3. The number of hydrogen-bond donors (Lipinski definition) is 0. The fraction of sp³-hybridized carbons (Fsp3) is 0.682. The van der Waals surface area contributed by atoms with Gasteiger partial charge in [-0.2, -0.15) is 0 Å². The Labute approximate surface area is 204 Å². The molecule has 2 saturated heterocycles. The highest BCUT2D eigenvalue weighted by Gasteiger charge is 2.29. The zero-order valence-electron chi connectivity index (χ0n) is 19.5. The second-order valence-corrected chi connectivity index (χ2v) is 9.59. The first-order valence-corrected chi connectivity index (χ1v) is 12.8. The number of piperidine rings is 1. The minimum atomic E-state index is -0.173. The fourth-order valence-electron chi connectivity index (χ4n) is 4.19. The van der Waals surface area contributed by atoms with E-state index in [2.05, 4.69) is 14.9 Å². The number of carbonyl (C=O) groups excluding carboxylic acids is 3. The number of amides is 2. The van der Waals surface area contributed by atoms with Crippen molar-refractivity contribution in [1.29, 1.82) is 0 Å². The van der Waals surface area contributed by atoms with Gasteiger partial charge in [0, 0.05) is 51.3 Å². The van der Waals surface area contributed by atoms with Crippen LogP contribution in [-0.4, -0.2) is 88.7 Å². The summed E-state index contributed by atoms with van der Waals surface area (Å²) in [6.45, 7) is 9.14. The molecular formula is C22H32ClN5O4S. The first-order valence-electron chi connectivity index (χ1n) is 11.5. The van der Waals surface area contributed by atoms with E-state index in [-0.39, 0.29) is 35.5 Å². The first kappa shape index (κ1) is 25.6. The molecule has 2 amide bonds. The number of aromatic nitrogens is 2. The topological polar surface area (TPSA) is 95.9 Å². The van der Waals surface area contributed by atoms with Crippen molar-refractivity contribution in [3.8, 4) is 0 Å². The average molecular weight is 498 g/mol. The molecule has 0 saturated carbocycles. The smallest absolute Gasteiger partial charge is 0.309 e. The van der Waals surface area contributed by atoms with Gasteiger partial charge < -0.3 is 19.4 Å². The third-order valence-electron chi connectivity index (χ3n) is 6.03. The Kier molecular flexibility index (Phi) is 9.19. The molecule has 11 heteroatoms. The van der Waals surface area contributed by atoms with Crippen LogP contribution in [0.5, 0.6) is 0 Å². The van der Waals surface area contributed by atoms with Gasteiger partial charge in [0.05, 0.1) is 18.3 Å². The predicted molar refractivity (Wildman–Crippen MR) is 127 cm³/mol. The number of anilines is 1. The molecule has 1 aromatic rings. The lowest BCUT2D eigenvalue weighted by molar-refractivity contribution is -0.151. The van der Waals surface area contributed by atoms with Crippen molar-refractivity contribution >= 4 is 47.0 Å². The Hall–Kier alpha value is -2.07. The summed E-state index contributed by atoms with van der Waals surface area (Å²) in [6.07, 6.45) is 1.74. The van der Waals surface area contributed by atoms with E-state index in [1.807, 2.05) is 18.7 Å². The number of esters is 1. The van der Waals surface area contributed by atoms with Crippen LogP contribution in [0.2, 0.25) is 5.15 Å². The number of nitrogens with zero attached hydrogens (tertiary/aromatic N) is 5. The van der Waals surface area contributed by atoms with Crippen LogP contribution in [0, 0.1) is 5.92 Å². The maximum Gasteiger partial charge on any atom is 0.309 e. The number of carbonyl (C=O) groups is 3. The SMILES string of the molecule is CCOC(=O)C1CCN(C(=O)CSc2nc(Cl)cc(N3CCN(C(=O)CC)C(C)C3)n2)CC1. The monoisotopic (exact) mass is 497 g/mol. The molecule has 3 heterocycles. The molecular weight excluding hydrogens is 466 g/mol. The lowest BCUT2D eigenvalue weighted by Gasteiger charge is -2.40. The van der Waals surface area contributed by atoms with Gasteiger partial charge in [-0.15, -0.1) is 0 Å². The van der Waals surface area contributed by atoms with Crippen LogP contribution in [-0.2, 0) is 19.1 Å². The summed E-state index contributed by atoms with van der Waals surface area (Å²) in [5.41, 5.74) is 0. The minimum Gasteiger partial charge on any atom is -0.466 e. The van der Waals surface area contributed by atoms with Crippen molar-refractivity contribution in [1.82, 2.24) is 19.8 Å². The summed E-state index contributed by atoms with van der Waals surface area (Å²) in [5, 5.41) is 0.775. The molecule has 33 heavy (non-hydrogen) atoms. The molecule has 2 aliphatic rings. The number of hydrogen-bond acceptors (Lipinski definition) is 8. The molecule has 2 fully saturated rings. The van der Waals surface area contributed by atoms with E-state index in [0.29, 0.717) is 74.7 Å². The molecule has 2 aliphatic heterocycles. The van der Waals surface area contributed by atoms with Crippen molar-refractivity contribution in [3.63, 3.8) is 0 Å². The Bertz CT molecular complexity index is 865. The summed E-state index contributed by atoms with van der Waals surface area (Å²) in [4.78, 5) is 51.3. The molecule has 0 aromatic carbocycles. The van der Waals surface area contributed by atoms with Gasteiger partial charge in [0.15, 0.2) is 5.16 Å². The quantitative estimate of drug-likeness (QED) is 0.245. The molecule has 1 atom stereocenters. The molecule has 0 bridgehead atoms. The summed E-state index contributed by atoms with van der Waals surface area (Å²) in [5.74, 6) is 0.760. The fourth-order valence-corrected chi connectivity index (χ4v) is 5.18. The Morgan fingerprint density at radius 1 is 1.12 bits per heavy atom. The van der Waals surface area contributed by atoms with Gasteiger partial charge in [0.1, 0.15) is 11.0 Å². The minimum absolute atomic E-state index is 0.00671. The summed E-state index contributed by atoms with van der Waals surface area (Å²) in [7, 11) is 0. The molecule has 9 nitrogen and oxygen atoms in total. The number of rotatable bonds is 7. The maximum atomic E-state index is 12.7. The normalized spacial score (nSPS) is 19.5. The van der Waals surface area contributed by atoms with E-state index in [0.717, 1.165) is 0 Å². The maximum absolute atomic E-state index is 12.7. The van der Waals surface area contributed by atoms with E-state index in [1.165, 1.54) is 11.8 Å². The van der Waals surface area contributed by atoms with Crippen LogP contribution in [0.25, 0.3) is 0 Å². The van der Waals surface area contributed by atoms with Crippen molar-refractivity contribution in [2.75, 3.05) is 50.0 Å². The summed E-state index contributed by atoms with van der Waals surface area (Å²) in [6, 6.07) is 1.80. The van der Waals surface area contributed by atoms with Gasteiger partial charge >= 0.3 is 5.97 Å².